The molecule has 0 saturated heterocycles. The lowest BCUT2D eigenvalue weighted by molar-refractivity contribution is -0.111. The molecular weight excluding hydrogens is 307 g/mol. The fourth-order valence-electron chi connectivity index (χ4n) is 1.97. The molecule has 2 rings (SSSR count). The van der Waals surface area contributed by atoms with Crippen LogP contribution in [0.25, 0.3) is 6.08 Å². The molecule has 0 bridgehead atoms. The van der Waals surface area contributed by atoms with Crippen LogP contribution in [0.3, 0.4) is 0 Å². The summed E-state index contributed by atoms with van der Waals surface area (Å²) in [6.07, 6.45) is 7.68. The first-order valence-electron chi connectivity index (χ1n) is 7.16. The molecule has 2 aromatic rings. The van der Waals surface area contributed by atoms with Gasteiger partial charge in [0, 0.05) is 11.6 Å². The number of carbonyl (C=O) groups excluding carboxylic acids is 2. The summed E-state index contributed by atoms with van der Waals surface area (Å²) in [5, 5.41) is 5.13. The fourth-order valence-corrected chi connectivity index (χ4v) is 1.97. The summed E-state index contributed by atoms with van der Waals surface area (Å²) in [5.41, 5.74) is 0.934. The molecule has 2 N–H and O–H groups in total. The van der Waals surface area contributed by atoms with Crippen LogP contribution in [0.15, 0.2) is 54.6 Å². The van der Waals surface area contributed by atoms with Crippen LogP contribution in [-0.2, 0) is 4.79 Å². The van der Waals surface area contributed by atoms with Gasteiger partial charge in [-0.2, -0.15) is 0 Å². The lowest BCUT2D eigenvalue weighted by Crippen LogP contribution is -2.25. The van der Waals surface area contributed by atoms with Gasteiger partial charge in [-0.25, -0.2) is 4.39 Å². The van der Waals surface area contributed by atoms with Crippen LogP contribution in [-0.4, -0.2) is 18.4 Å². The highest BCUT2D eigenvalue weighted by Gasteiger charge is 2.11. The smallest absolute Gasteiger partial charge is 0.254 e. The van der Waals surface area contributed by atoms with E-state index in [0.717, 1.165) is 0 Å². The summed E-state index contributed by atoms with van der Waals surface area (Å²) in [5.74, 6) is 1.02. The third kappa shape index (κ3) is 4.55. The zero-order valence-corrected chi connectivity index (χ0v) is 12.8. The molecule has 2 amide bonds. The van der Waals surface area contributed by atoms with E-state index < -0.39 is 11.7 Å². The van der Waals surface area contributed by atoms with Crippen molar-refractivity contribution in [1.29, 1.82) is 0 Å². The Morgan fingerprint density at radius 1 is 1.12 bits per heavy atom. The molecule has 0 unspecified atom stereocenters. The molecule has 0 saturated carbocycles. The van der Waals surface area contributed by atoms with E-state index in [4.69, 9.17) is 6.42 Å². The van der Waals surface area contributed by atoms with Crippen LogP contribution < -0.4 is 10.6 Å². The summed E-state index contributed by atoms with van der Waals surface area (Å²) in [6.45, 7) is 0.0916. The Balaban J connectivity index is 2.11. The second-order valence-corrected chi connectivity index (χ2v) is 4.78. The fraction of sp³-hybridized carbons (Fsp3) is 0.0526. The maximum absolute atomic E-state index is 13.5. The highest BCUT2D eigenvalue weighted by molar-refractivity contribution is 6.07. The lowest BCUT2D eigenvalue weighted by Gasteiger charge is -2.09. The van der Waals surface area contributed by atoms with Crippen molar-refractivity contribution >= 4 is 23.6 Å². The largest absolute Gasteiger partial charge is 0.341 e. The minimum Gasteiger partial charge on any atom is -0.341 e. The number of hydrogen-bond acceptors (Lipinski definition) is 2. The molecule has 0 aromatic heterocycles. The number of hydrogen-bond donors (Lipinski definition) is 2. The van der Waals surface area contributed by atoms with Crippen LogP contribution >= 0.6 is 0 Å². The Bertz CT molecular complexity index is 822. The molecule has 24 heavy (non-hydrogen) atoms. The van der Waals surface area contributed by atoms with Crippen LogP contribution in [0.2, 0.25) is 0 Å². The number of terminal acetylenes is 1. The van der Waals surface area contributed by atoms with E-state index in [9.17, 15) is 14.0 Å². The van der Waals surface area contributed by atoms with Crippen molar-refractivity contribution in [1.82, 2.24) is 5.32 Å². The molecule has 0 aliphatic rings. The van der Waals surface area contributed by atoms with E-state index >= 15 is 0 Å². The minimum absolute atomic E-state index is 0.0916. The highest BCUT2D eigenvalue weighted by Crippen LogP contribution is 2.15. The molecular formula is C19H15FN2O2. The topological polar surface area (TPSA) is 58.2 Å². The average molecular weight is 322 g/mol. The Kier molecular flexibility index (Phi) is 5.87. The predicted molar refractivity (Wildman–Crippen MR) is 91.7 cm³/mol. The van der Waals surface area contributed by atoms with Crippen molar-refractivity contribution in [3.05, 3.63) is 71.6 Å². The van der Waals surface area contributed by atoms with Gasteiger partial charge in [0.05, 0.1) is 17.8 Å². The van der Waals surface area contributed by atoms with E-state index in [0.29, 0.717) is 16.8 Å². The van der Waals surface area contributed by atoms with Crippen LogP contribution in [0.1, 0.15) is 15.9 Å². The molecule has 0 atom stereocenters. The van der Waals surface area contributed by atoms with Gasteiger partial charge in [0.1, 0.15) is 5.82 Å². The van der Waals surface area contributed by atoms with Gasteiger partial charge in [0.25, 0.3) is 5.91 Å². The van der Waals surface area contributed by atoms with Crippen LogP contribution in [0, 0.1) is 18.2 Å². The summed E-state index contributed by atoms with van der Waals surface area (Å²) in [4.78, 5) is 24.0. The van der Waals surface area contributed by atoms with Gasteiger partial charge in [0.15, 0.2) is 0 Å². The Morgan fingerprint density at radius 2 is 1.83 bits per heavy atom. The van der Waals surface area contributed by atoms with E-state index in [1.165, 1.54) is 18.2 Å². The number of para-hydroxylation sites is 1. The van der Waals surface area contributed by atoms with Crippen molar-refractivity contribution in [3.8, 4) is 12.3 Å². The molecule has 0 heterocycles. The van der Waals surface area contributed by atoms with E-state index in [-0.39, 0.29) is 12.5 Å². The Hall–Kier alpha value is -3.39. The third-order valence-corrected chi connectivity index (χ3v) is 3.10. The second kappa shape index (κ2) is 8.30. The van der Waals surface area contributed by atoms with Gasteiger partial charge in [-0.1, -0.05) is 36.3 Å². The minimum atomic E-state index is -0.476. The first-order chi connectivity index (χ1) is 11.6. The van der Waals surface area contributed by atoms with Crippen molar-refractivity contribution < 1.29 is 14.0 Å². The summed E-state index contributed by atoms with van der Waals surface area (Å²) < 4.78 is 13.5. The van der Waals surface area contributed by atoms with Crippen LogP contribution in [0.5, 0.6) is 0 Å². The maximum atomic E-state index is 13.5. The van der Waals surface area contributed by atoms with Gasteiger partial charge in [0.2, 0.25) is 5.91 Å². The number of rotatable bonds is 5. The second-order valence-electron chi connectivity index (χ2n) is 4.78. The standard InChI is InChI=1S/C19H15FN2O2/c1-2-13-21-19(24)15-8-4-6-10-17(15)22-18(23)12-11-14-7-3-5-9-16(14)20/h1,3-12H,13H2,(H,21,24)(H,22,23)/b12-11+. The molecule has 0 aliphatic heterocycles. The first kappa shape index (κ1) is 17.0. The molecule has 5 heteroatoms. The molecule has 0 aliphatic carbocycles. The van der Waals surface area contributed by atoms with Crippen molar-refractivity contribution in [3.63, 3.8) is 0 Å². The van der Waals surface area contributed by atoms with E-state index in [2.05, 4.69) is 16.6 Å². The average Bonchev–Trinajstić information content (AvgIpc) is 2.59. The SMILES string of the molecule is C#CCNC(=O)c1ccccc1NC(=O)/C=C/c1ccccc1F. The van der Waals surface area contributed by atoms with Crippen molar-refractivity contribution in [2.24, 2.45) is 0 Å². The van der Waals surface area contributed by atoms with Gasteiger partial charge >= 0.3 is 0 Å². The summed E-state index contributed by atoms with van der Waals surface area (Å²) >= 11 is 0. The number of carbonyl (C=O) groups is 2. The van der Waals surface area contributed by atoms with Gasteiger partial charge in [-0.15, -0.1) is 6.42 Å². The number of benzene rings is 2. The first-order valence-corrected chi connectivity index (χ1v) is 7.16. The summed E-state index contributed by atoms with van der Waals surface area (Å²) in [7, 11) is 0. The summed E-state index contributed by atoms with van der Waals surface area (Å²) in [6, 6.07) is 12.6. The van der Waals surface area contributed by atoms with Crippen molar-refractivity contribution in [2.45, 2.75) is 0 Å². The van der Waals surface area contributed by atoms with Gasteiger partial charge in [-0.05, 0) is 24.3 Å². The van der Waals surface area contributed by atoms with E-state index in [1.54, 1.807) is 42.5 Å². The van der Waals surface area contributed by atoms with Crippen LogP contribution in [0.4, 0.5) is 10.1 Å². The zero-order valence-electron chi connectivity index (χ0n) is 12.8. The van der Waals surface area contributed by atoms with Gasteiger partial charge in [-0.3, -0.25) is 9.59 Å². The lowest BCUT2D eigenvalue weighted by atomic mass is 10.1. The van der Waals surface area contributed by atoms with E-state index in [1.807, 2.05) is 0 Å². The van der Waals surface area contributed by atoms with Gasteiger partial charge < -0.3 is 10.6 Å². The quantitative estimate of drug-likeness (QED) is 0.657. The predicted octanol–water partition coefficient (Wildman–Crippen LogP) is 2.84. The molecule has 0 radical (unpaired) electrons. The monoisotopic (exact) mass is 322 g/mol. The number of halogens is 1. The Morgan fingerprint density at radius 3 is 2.58 bits per heavy atom. The number of nitrogens with one attached hydrogen (secondary N) is 2. The number of anilines is 1. The maximum Gasteiger partial charge on any atom is 0.254 e. The molecule has 4 nitrogen and oxygen atoms in total. The normalized spacial score (nSPS) is 10.2. The molecule has 0 fully saturated rings. The molecule has 2 aromatic carbocycles. The zero-order chi connectivity index (χ0) is 17.4. The van der Waals surface area contributed by atoms with Crippen molar-refractivity contribution in [2.75, 3.05) is 11.9 Å². The highest BCUT2D eigenvalue weighted by atomic mass is 19.1. The molecule has 0 spiro atoms. The number of amides is 2. The third-order valence-electron chi connectivity index (χ3n) is 3.10. The Labute approximate surface area is 139 Å². The molecule has 120 valence electrons.